The van der Waals surface area contributed by atoms with Gasteiger partial charge < -0.3 is 4.74 Å². The van der Waals surface area contributed by atoms with Crippen LogP contribution in [0.1, 0.15) is 43.1 Å². The fourth-order valence-corrected chi connectivity index (χ4v) is 5.11. The van der Waals surface area contributed by atoms with Crippen molar-refractivity contribution in [3.05, 3.63) is 67.0 Å². The van der Waals surface area contributed by atoms with Crippen LogP contribution in [0.3, 0.4) is 0 Å². The molecule has 27 heavy (non-hydrogen) atoms. The number of aromatic nitrogens is 3. The summed E-state index contributed by atoms with van der Waals surface area (Å²) in [4.78, 5) is 18.7. The molecule has 2 bridgehead atoms. The summed E-state index contributed by atoms with van der Waals surface area (Å²) in [7, 11) is 0. The normalized spacial score (nSPS) is 23.4. The van der Waals surface area contributed by atoms with Gasteiger partial charge in [0, 0.05) is 29.8 Å². The van der Waals surface area contributed by atoms with Crippen molar-refractivity contribution >= 4 is 17.4 Å². The Balaban J connectivity index is 1.74. The first-order valence-electron chi connectivity index (χ1n) is 9.12. The Kier molecular flexibility index (Phi) is 3.46. The summed E-state index contributed by atoms with van der Waals surface area (Å²) in [6.07, 6.45) is 4.41. The zero-order valence-corrected chi connectivity index (χ0v) is 16.3. The van der Waals surface area contributed by atoms with E-state index in [0.29, 0.717) is 11.0 Å². The van der Waals surface area contributed by atoms with Crippen LogP contribution in [-0.2, 0) is 6.54 Å². The minimum absolute atomic E-state index is 0.00570. The maximum absolute atomic E-state index is 13.2. The molecule has 2 aliphatic rings. The maximum atomic E-state index is 13.2. The number of ether oxygens (including phenoxy) is 1. The molecule has 5 rings (SSSR count). The molecule has 7 heteroatoms. The Morgan fingerprint density at radius 3 is 3.00 bits per heavy atom. The van der Waals surface area contributed by atoms with Crippen molar-refractivity contribution in [2.45, 2.75) is 45.5 Å². The Labute approximate surface area is 160 Å². The van der Waals surface area contributed by atoms with Crippen molar-refractivity contribution in [2.75, 3.05) is 0 Å². The predicted molar refractivity (Wildman–Crippen MR) is 104 cm³/mol. The number of aryl methyl sites for hydroxylation is 1. The maximum Gasteiger partial charge on any atom is 0.270 e. The molecule has 138 valence electrons. The van der Waals surface area contributed by atoms with Crippen LogP contribution < -0.4 is 19.6 Å². The van der Waals surface area contributed by atoms with Crippen molar-refractivity contribution in [1.29, 1.82) is 0 Å². The average molecular weight is 380 g/mol. The SMILES string of the molecule is CCn1ncc(/C=c2\sc3n(c2=O)[C@H]2C[C@](C)(N=3)Oc3ccccc32)c1C. The Morgan fingerprint density at radius 2 is 2.22 bits per heavy atom. The lowest BCUT2D eigenvalue weighted by molar-refractivity contribution is 0.0410. The van der Waals surface area contributed by atoms with Gasteiger partial charge in [-0.1, -0.05) is 29.5 Å². The molecule has 0 aliphatic carbocycles. The van der Waals surface area contributed by atoms with Gasteiger partial charge in [-0.05, 0) is 32.9 Å². The number of nitrogens with zero attached hydrogens (tertiary/aromatic N) is 4. The third-order valence-corrected chi connectivity index (χ3v) is 6.37. The number of para-hydroxylation sites is 1. The Bertz CT molecular complexity index is 1240. The molecule has 0 saturated heterocycles. The number of thiazole rings is 1. The van der Waals surface area contributed by atoms with Gasteiger partial charge in [0.2, 0.25) is 5.72 Å². The van der Waals surface area contributed by atoms with Crippen LogP contribution in [0.4, 0.5) is 0 Å². The van der Waals surface area contributed by atoms with Crippen LogP contribution >= 0.6 is 11.3 Å². The van der Waals surface area contributed by atoms with E-state index in [9.17, 15) is 4.79 Å². The van der Waals surface area contributed by atoms with Gasteiger partial charge in [0.1, 0.15) is 5.75 Å². The topological polar surface area (TPSA) is 61.4 Å². The lowest BCUT2D eigenvalue weighted by Crippen LogP contribution is -2.49. The summed E-state index contributed by atoms with van der Waals surface area (Å²) in [5, 5.41) is 4.37. The summed E-state index contributed by atoms with van der Waals surface area (Å²) < 4.78 is 10.6. The highest BCUT2D eigenvalue weighted by Crippen LogP contribution is 2.42. The summed E-state index contributed by atoms with van der Waals surface area (Å²) in [5.74, 6) is 0.814. The van der Waals surface area contributed by atoms with E-state index in [1.54, 1.807) is 0 Å². The number of hydrogen-bond donors (Lipinski definition) is 0. The monoisotopic (exact) mass is 380 g/mol. The molecule has 2 aromatic heterocycles. The first-order chi connectivity index (χ1) is 13.0. The van der Waals surface area contributed by atoms with E-state index in [2.05, 4.69) is 12.0 Å². The van der Waals surface area contributed by atoms with Crippen LogP contribution in [0.15, 0.2) is 40.2 Å². The predicted octanol–water partition coefficient (Wildman–Crippen LogP) is 1.98. The molecule has 3 aromatic rings. The van der Waals surface area contributed by atoms with Gasteiger partial charge in [0.25, 0.3) is 5.56 Å². The number of benzene rings is 1. The number of fused-ring (bicyclic) bond motifs is 6. The molecule has 0 saturated carbocycles. The summed E-state index contributed by atoms with van der Waals surface area (Å²) in [5.41, 5.74) is 2.46. The van der Waals surface area contributed by atoms with Crippen molar-refractivity contribution in [2.24, 2.45) is 4.99 Å². The summed E-state index contributed by atoms with van der Waals surface area (Å²) >= 11 is 1.42. The quantitative estimate of drug-likeness (QED) is 0.683. The fourth-order valence-electron chi connectivity index (χ4n) is 4.00. The second-order valence-electron chi connectivity index (χ2n) is 7.22. The van der Waals surface area contributed by atoms with Crippen LogP contribution in [0, 0.1) is 6.92 Å². The van der Waals surface area contributed by atoms with E-state index in [1.165, 1.54) is 11.3 Å². The molecule has 6 nitrogen and oxygen atoms in total. The van der Waals surface area contributed by atoms with E-state index < -0.39 is 5.72 Å². The molecule has 2 atom stereocenters. The molecule has 0 radical (unpaired) electrons. The van der Waals surface area contributed by atoms with E-state index in [1.807, 2.05) is 59.6 Å². The van der Waals surface area contributed by atoms with Crippen molar-refractivity contribution < 1.29 is 4.74 Å². The zero-order valence-electron chi connectivity index (χ0n) is 15.5. The average Bonchev–Trinajstić information content (AvgIpc) is 3.14. The molecular weight excluding hydrogens is 360 g/mol. The fraction of sp³-hybridized carbons (Fsp3) is 0.350. The smallest absolute Gasteiger partial charge is 0.270 e. The van der Waals surface area contributed by atoms with Crippen molar-refractivity contribution in [3.63, 3.8) is 0 Å². The highest BCUT2D eigenvalue weighted by atomic mass is 32.1. The molecule has 2 aliphatic heterocycles. The van der Waals surface area contributed by atoms with Crippen molar-refractivity contribution in [3.8, 4) is 5.75 Å². The lowest BCUT2D eigenvalue weighted by Gasteiger charge is -2.39. The minimum atomic E-state index is -0.628. The molecule has 0 fully saturated rings. The molecular formula is C20H20N4O2S. The molecule has 1 aromatic carbocycles. The van der Waals surface area contributed by atoms with Gasteiger partial charge in [0.05, 0.1) is 16.8 Å². The Morgan fingerprint density at radius 1 is 1.41 bits per heavy atom. The largest absolute Gasteiger partial charge is 0.466 e. The molecule has 0 amide bonds. The number of hydrogen-bond acceptors (Lipinski definition) is 5. The molecule has 0 spiro atoms. The summed E-state index contributed by atoms with van der Waals surface area (Å²) in [6, 6.07) is 7.89. The second-order valence-corrected chi connectivity index (χ2v) is 8.23. The first kappa shape index (κ1) is 16.5. The zero-order chi connectivity index (χ0) is 18.8. The van der Waals surface area contributed by atoms with Crippen molar-refractivity contribution in [1.82, 2.24) is 14.3 Å². The molecule has 0 unspecified atom stereocenters. The van der Waals surface area contributed by atoms with Gasteiger partial charge in [0.15, 0.2) is 4.80 Å². The molecule has 4 heterocycles. The third kappa shape index (κ3) is 2.41. The van der Waals surface area contributed by atoms with E-state index in [4.69, 9.17) is 9.73 Å². The van der Waals surface area contributed by atoms with Crippen LogP contribution in [0.25, 0.3) is 6.08 Å². The van der Waals surface area contributed by atoms with Gasteiger partial charge in [-0.25, -0.2) is 4.99 Å². The minimum Gasteiger partial charge on any atom is -0.466 e. The van der Waals surface area contributed by atoms with Crippen LogP contribution in [0.5, 0.6) is 5.75 Å². The third-order valence-electron chi connectivity index (χ3n) is 5.39. The van der Waals surface area contributed by atoms with Crippen LogP contribution in [-0.4, -0.2) is 20.1 Å². The van der Waals surface area contributed by atoms with E-state index >= 15 is 0 Å². The number of rotatable bonds is 2. The van der Waals surface area contributed by atoms with Gasteiger partial charge in [-0.2, -0.15) is 5.10 Å². The first-order valence-corrected chi connectivity index (χ1v) is 9.94. The Hall–Kier alpha value is -2.67. The summed E-state index contributed by atoms with van der Waals surface area (Å²) in [6.45, 7) is 6.88. The van der Waals surface area contributed by atoms with Gasteiger partial charge in [-0.15, -0.1) is 0 Å². The standard InChI is InChI=1S/C20H20N4O2S/c1-4-23-12(2)13(11-21-23)9-17-18(25)24-15-10-20(3,22-19(24)27-17)26-16-8-6-5-7-14(15)16/h5-9,11,15H,4,10H2,1-3H3/b17-9-/t15-,20+/m0/s1. The molecule has 0 N–H and O–H groups in total. The van der Waals surface area contributed by atoms with Gasteiger partial charge in [-0.3, -0.25) is 14.0 Å². The highest BCUT2D eigenvalue weighted by molar-refractivity contribution is 7.07. The second kappa shape index (κ2) is 5.66. The highest BCUT2D eigenvalue weighted by Gasteiger charge is 2.42. The van der Waals surface area contributed by atoms with E-state index in [-0.39, 0.29) is 11.6 Å². The lowest BCUT2D eigenvalue weighted by atomic mass is 9.93. The van der Waals surface area contributed by atoms with Crippen LogP contribution in [0.2, 0.25) is 0 Å². The van der Waals surface area contributed by atoms with E-state index in [0.717, 1.165) is 33.9 Å². The van der Waals surface area contributed by atoms with Gasteiger partial charge >= 0.3 is 0 Å².